The van der Waals surface area contributed by atoms with Gasteiger partial charge in [0.15, 0.2) is 23.4 Å². The quantitative estimate of drug-likeness (QED) is 0.252. The molecule has 0 bridgehead atoms. The van der Waals surface area contributed by atoms with Crippen LogP contribution >= 0.6 is 12.0 Å². The predicted molar refractivity (Wildman–Crippen MR) is 94.3 cm³/mol. The van der Waals surface area contributed by atoms with Crippen LogP contribution in [0.2, 0.25) is 0 Å². The lowest BCUT2D eigenvalue weighted by molar-refractivity contribution is 0.0196. The van der Waals surface area contributed by atoms with Crippen LogP contribution in [0.15, 0.2) is 24.3 Å². The molecule has 0 saturated carbocycles. The van der Waals surface area contributed by atoms with Crippen molar-refractivity contribution >= 4 is 19.8 Å². The summed E-state index contributed by atoms with van der Waals surface area (Å²) in [5.41, 5.74) is 0.839. The van der Waals surface area contributed by atoms with Crippen molar-refractivity contribution in [2.24, 2.45) is 0 Å². The second kappa shape index (κ2) is 6.85. The Labute approximate surface area is 157 Å². The molecule has 0 radical (unpaired) electrons. The number of hydrogen-bond acceptors (Lipinski definition) is 8. The highest BCUT2D eigenvalue weighted by atomic mass is 32.2. The largest absolute Gasteiger partial charge is 0.507 e. The Morgan fingerprint density at radius 1 is 1.28 bits per heavy atom. The van der Waals surface area contributed by atoms with E-state index in [1.165, 1.54) is 24.3 Å². The van der Waals surface area contributed by atoms with Crippen molar-refractivity contribution in [3.05, 3.63) is 35.4 Å². The van der Waals surface area contributed by atoms with Crippen molar-refractivity contribution in [3.63, 3.8) is 0 Å². The lowest BCUT2D eigenvalue weighted by atomic mass is 9.93. The molecule has 1 aliphatic rings. The van der Waals surface area contributed by atoms with E-state index in [1.54, 1.807) is 0 Å². The first-order valence-electron chi connectivity index (χ1n) is 10.1. The van der Waals surface area contributed by atoms with E-state index in [0.29, 0.717) is 11.1 Å². The Hall–Kier alpha value is -2.39. The first kappa shape index (κ1) is 11.3. The first-order valence-corrected chi connectivity index (χ1v) is 8.19. The lowest BCUT2D eigenvalue weighted by Gasteiger charge is -2.31. The molecule has 0 amide bonds. The van der Waals surface area contributed by atoms with E-state index < -0.39 is 20.0 Å². The third kappa shape index (κ3) is 3.38. The third-order valence-corrected chi connectivity index (χ3v) is 4.20. The van der Waals surface area contributed by atoms with Gasteiger partial charge in [-0.3, -0.25) is 0 Å². The van der Waals surface area contributed by atoms with Crippen molar-refractivity contribution in [2.45, 2.75) is 18.6 Å². The highest BCUT2D eigenvalue weighted by molar-refractivity contribution is 7.96. The van der Waals surface area contributed by atoms with Crippen LogP contribution in [0.1, 0.15) is 17.2 Å². The number of phenols is 4. The maximum absolute atomic E-state index is 10.7. The standard InChI is InChI=1S/C16H17BO7S/c17-6-25-24-8-3-10(18)9-5-13(21)16(23-14(9)4-8)7-1-11(19)15(22)12(20)2-7/h1-4,13,16,18-22H,5-6,17H2/t13-,16+/m1/s1/i17TD/hT4. The maximum Gasteiger partial charge on any atom is 0.293 e. The van der Waals surface area contributed by atoms with Crippen LogP contribution in [0.4, 0.5) is 0 Å². The molecule has 7 nitrogen and oxygen atoms in total. The van der Waals surface area contributed by atoms with E-state index in [-0.39, 0.29) is 46.6 Å². The van der Waals surface area contributed by atoms with E-state index in [2.05, 4.69) is 20.4 Å². The van der Waals surface area contributed by atoms with Crippen LogP contribution in [0, 0.1) is 0 Å². The van der Waals surface area contributed by atoms with E-state index >= 15 is 0 Å². The van der Waals surface area contributed by atoms with Gasteiger partial charge in [-0.25, -0.2) is 0 Å². The first-order chi connectivity index (χ1) is 14.9. The minimum absolute atomic E-state index is 0.0635. The summed E-state index contributed by atoms with van der Waals surface area (Å²) in [6.07, 6.45) is -1.99. The molecule has 0 aliphatic carbocycles. The molecular formula is C16H17BO7S. The molecule has 2 aromatic carbocycles. The number of aliphatic hydroxyl groups is 1. The molecule has 132 valence electrons. The summed E-state index contributed by atoms with van der Waals surface area (Å²) >= 11 is 0.893. The number of rotatable bonds is 9. The highest BCUT2D eigenvalue weighted by Gasteiger charge is 2.33. The molecular weight excluding hydrogens is 347 g/mol. The molecule has 0 aromatic heterocycles. The minimum atomic E-state index is -1.09. The Balaban J connectivity index is 1.94. The van der Waals surface area contributed by atoms with Gasteiger partial charge >= 0.3 is 0 Å². The lowest BCUT2D eigenvalue weighted by Crippen LogP contribution is -2.30. The molecule has 0 unspecified atom stereocenters. The number of hydrogen-bond donors (Lipinski definition) is 5. The highest BCUT2D eigenvalue weighted by Crippen LogP contribution is 2.45. The van der Waals surface area contributed by atoms with Gasteiger partial charge in [0, 0.05) is 47.4 Å². The van der Waals surface area contributed by atoms with Crippen LogP contribution in [0.25, 0.3) is 0 Å². The van der Waals surface area contributed by atoms with Crippen LogP contribution in [0.3, 0.4) is 0 Å². The molecule has 25 heavy (non-hydrogen) atoms. The van der Waals surface area contributed by atoms with Crippen LogP contribution in [-0.2, 0) is 6.42 Å². The van der Waals surface area contributed by atoms with Crippen LogP contribution in [0.5, 0.6) is 34.5 Å². The molecule has 0 saturated heterocycles. The van der Waals surface area contributed by atoms with Gasteiger partial charge in [-0.1, -0.05) is 0 Å². The number of ether oxygens (including phenoxy) is 1. The molecule has 0 spiro atoms. The van der Waals surface area contributed by atoms with Crippen molar-refractivity contribution in [3.8, 4) is 34.5 Å². The molecule has 1 heterocycles. The fourth-order valence-electron chi connectivity index (χ4n) is 2.64. The molecule has 1 aliphatic heterocycles. The number of aromatic hydroxyl groups is 4. The van der Waals surface area contributed by atoms with Crippen LogP contribution < -0.4 is 8.92 Å². The van der Waals surface area contributed by atoms with Crippen molar-refractivity contribution in [1.29, 1.82) is 8.40 Å². The Bertz CT molecular complexity index is 899. The van der Waals surface area contributed by atoms with Gasteiger partial charge < -0.3 is 34.5 Å². The zero-order chi connectivity index (χ0) is 22.5. The molecule has 2 atom stereocenters. The second-order valence-electron chi connectivity index (χ2n) is 5.42. The van der Waals surface area contributed by atoms with Gasteiger partial charge in [0.25, 0.3) is 5.72 Å². The van der Waals surface area contributed by atoms with Crippen molar-refractivity contribution in [1.82, 2.24) is 0 Å². The zero-order valence-electron chi connectivity index (χ0n) is 18.8. The number of fused-ring (bicyclic) bond motifs is 1. The molecule has 0 fully saturated rings. The van der Waals surface area contributed by atoms with Gasteiger partial charge in [0.2, 0.25) is 0 Å². The summed E-state index contributed by atoms with van der Waals surface area (Å²) in [5, 5.41) is 28.5. The van der Waals surface area contributed by atoms with E-state index in [1.807, 2.05) is 0 Å². The summed E-state index contributed by atoms with van der Waals surface area (Å²) in [4.78, 5) is 0. The summed E-state index contributed by atoms with van der Waals surface area (Å²) in [7, 11) is -1.07. The van der Waals surface area contributed by atoms with Crippen molar-refractivity contribution in [2.75, 3.05) is 5.65 Å². The summed E-state index contributed by atoms with van der Waals surface area (Å²) in [6, 6.07) is 5.60. The Kier molecular flexibility index (Phi) is 3.09. The predicted octanol–water partition coefficient (Wildman–Crippen LogP) is 1.16. The monoisotopic (exact) mass is 375 g/mol. The number of phenolic OH excluding ortho intramolecular Hbond substituents is 4. The van der Waals surface area contributed by atoms with Gasteiger partial charge in [-0.2, -0.15) is 0 Å². The SMILES string of the molecule is [2H]B([3H])CSOc1cc(O[3H])c2c(c1)O[C@@H](c1cc(O[3H])c(O[3H])c(O[3H])c1)[C@H](O)C2. The Morgan fingerprint density at radius 3 is 2.76 bits per heavy atom. The van der Waals surface area contributed by atoms with E-state index in [0.717, 1.165) is 12.0 Å². The summed E-state index contributed by atoms with van der Waals surface area (Å²) < 4.78 is 54.4. The smallest absolute Gasteiger partial charge is 0.293 e. The van der Waals surface area contributed by atoms with Crippen LogP contribution in [-0.4, -0.2) is 53.5 Å². The topological polar surface area (TPSA) is 120 Å². The zero-order valence-corrected chi connectivity index (χ0v) is 13.6. The third-order valence-electron chi connectivity index (χ3n) is 3.75. The normalized spacial score (nSPS) is 21.6. The molecule has 5 N–H and O–H groups in total. The van der Waals surface area contributed by atoms with Gasteiger partial charge in [0.1, 0.15) is 25.0 Å². The fraction of sp³-hybridized carbons (Fsp3) is 0.250. The van der Waals surface area contributed by atoms with E-state index in [4.69, 9.17) is 17.3 Å². The van der Waals surface area contributed by atoms with Gasteiger partial charge in [-0.15, -0.1) is 0 Å². The van der Waals surface area contributed by atoms with E-state index in [9.17, 15) is 5.11 Å². The average Bonchev–Trinajstić information content (AvgIpc) is 2.77. The average molecular weight is 375 g/mol. The van der Waals surface area contributed by atoms with Crippen molar-refractivity contribution < 1.29 is 34.5 Å². The molecule has 2 aromatic rings. The second-order valence-corrected chi connectivity index (χ2v) is 6.16. The van der Waals surface area contributed by atoms with Gasteiger partial charge in [0.05, 0.1) is 6.10 Å². The molecule has 3 rings (SSSR count). The fourth-order valence-corrected chi connectivity index (χ4v) is 2.94. The number of aliphatic hydroxyl groups excluding tert-OH is 1. The Morgan fingerprint density at radius 2 is 2.08 bits per heavy atom. The summed E-state index contributed by atoms with van der Waals surface area (Å²) in [6.45, 7) is 0. The van der Waals surface area contributed by atoms with Gasteiger partial charge in [-0.05, 0) is 14.8 Å². The minimum Gasteiger partial charge on any atom is -0.507 e. The number of benzene rings is 2. The molecule has 9 heteroatoms. The maximum atomic E-state index is 10.7. The summed E-state index contributed by atoms with van der Waals surface area (Å²) in [5.74, 6) is -0.0429.